The second-order valence-electron chi connectivity index (χ2n) is 4.46. The molecular weight excluding hydrogens is 272 g/mol. The van der Waals surface area contributed by atoms with Crippen LogP contribution in [-0.2, 0) is 4.74 Å². The van der Waals surface area contributed by atoms with Gasteiger partial charge in [0.1, 0.15) is 5.52 Å². The standard InChI is InChI=1S/C14H18N4O3/c1-21-10-9-15-7-8-16-12-4-5-13(18(19)20)11-3-2-6-17-14(11)12/h2-6,15-16H,7-10H2,1H3. The summed E-state index contributed by atoms with van der Waals surface area (Å²) >= 11 is 0. The molecular formula is C14H18N4O3. The van der Waals surface area contributed by atoms with E-state index in [1.807, 2.05) is 0 Å². The van der Waals surface area contributed by atoms with E-state index < -0.39 is 0 Å². The molecule has 0 aliphatic carbocycles. The first-order valence-electron chi connectivity index (χ1n) is 6.69. The van der Waals surface area contributed by atoms with Crippen LogP contribution in [0.3, 0.4) is 0 Å². The zero-order valence-electron chi connectivity index (χ0n) is 11.8. The van der Waals surface area contributed by atoms with Crippen LogP contribution in [0, 0.1) is 10.1 Å². The lowest BCUT2D eigenvalue weighted by atomic mass is 10.1. The van der Waals surface area contributed by atoms with Crippen LogP contribution in [0.15, 0.2) is 30.5 Å². The smallest absolute Gasteiger partial charge is 0.278 e. The fraction of sp³-hybridized carbons (Fsp3) is 0.357. The van der Waals surface area contributed by atoms with Gasteiger partial charge in [0, 0.05) is 39.0 Å². The van der Waals surface area contributed by atoms with Crippen LogP contribution in [0.2, 0.25) is 0 Å². The molecule has 0 saturated carbocycles. The molecule has 1 aromatic carbocycles. The number of nitrogens with one attached hydrogen (secondary N) is 2. The van der Waals surface area contributed by atoms with E-state index >= 15 is 0 Å². The molecule has 21 heavy (non-hydrogen) atoms. The summed E-state index contributed by atoms with van der Waals surface area (Å²) in [7, 11) is 1.66. The summed E-state index contributed by atoms with van der Waals surface area (Å²) in [6.45, 7) is 2.93. The summed E-state index contributed by atoms with van der Waals surface area (Å²) in [4.78, 5) is 14.9. The highest BCUT2D eigenvalue weighted by Crippen LogP contribution is 2.29. The molecule has 0 fully saturated rings. The van der Waals surface area contributed by atoms with Crippen molar-refractivity contribution in [3.63, 3.8) is 0 Å². The van der Waals surface area contributed by atoms with Gasteiger partial charge in [-0.05, 0) is 18.2 Å². The van der Waals surface area contributed by atoms with Crippen LogP contribution in [0.1, 0.15) is 0 Å². The Kier molecular flexibility index (Phi) is 5.42. The number of non-ortho nitro benzene ring substituents is 1. The van der Waals surface area contributed by atoms with E-state index in [0.717, 1.165) is 18.8 Å². The molecule has 0 atom stereocenters. The maximum absolute atomic E-state index is 11.0. The average molecular weight is 290 g/mol. The Hall–Kier alpha value is -2.25. The SMILES string of the molecule is COCCNCCNc1ccc([N+](=O)[O-])c2cccnc12. The maximum atomic E-state index is 11.0. The summed E-state index contributed by atoms with van der Waals surface area (Å²) in [5.74, 6) is 0. The molecule has 0 saturated heterocycles. The van der Waals surface area contributed by atoms with E-state index in [0.29, 0.717) is 24.1 Å². The van der Waals surface area contributed by atoms with E-state index in [1.54, 1.807) is 31.5 Å². The molecule has 1 aromatic heterocycles. The minimum atomic E-state index is -0.389. The number of hydrogen-bond donors (Lipinski definition) is 2. The Morgan fingerprint density at radius 2 is 2.14 bits per heavy atom. The Bertz CT molecular complexity index is 618. The molecule has 0 aliphatic rings. The topological polar surface area (TPSA) is 89.3 Å². The quantitative estimate of drug-likeness (QED) is 0.438. The van der Waals surface area contributed by atoms with Crippen LogP contribution in [0.5, 0.6) is 0 Å². The molecule has 2 aromatic rings. The second kappa shape index (κ2) is 7.51. The summed E-state index contributed by atoms with van der Waals surface area (Å²) in [6.07, 6.45) is 1.63. The van der Waals surface area contributed by atoms with Crippen molar-refractivity contribution in [1.29, 1.82) is 0 Å². The molecule has 0 amide bonds. The number of ether oxygens (including phenoxy) is 1. The molecule has 0 radical (unpaired) electrons. The number of hydrogen-bond acceptors (Lipinski definition) is 6. The van der Waals surface area contributed by atoms with Crippen molar-refractivity contribution in [3.05, 3.63) is 40.6 Å². The molecule has 0 aliphatic heterocycles. The minimum absolute atomic E-state index is 0.0712. The van der Waals surface area contributed by atoms with Gasteiger partial charge in [-0.1, -0.05) is 0 Å². The summed E-state index contributed by atoms with van der Waals surface area (Å²) in [5.41, 5.74) is 1.48. The number of nitro groups is 1. The van der Waals surface area contributed by atoms with Crippen molar-refractivity contribution in [3.8, 4) is 0 Å². The van der Waals surface area contributed by atoms with Crippen LogP contribution >= 0.6 is 0 Å². The highest BCUT2D eigenvalue weighted by molar-refractivity contribution is 5.96. The van der Waals surface area contributed by atoms with Crippen LogP contribution < -0.4 is 10.6 Å². The van der Waals surface area contributed by atoms with Crippen LogP contribution in [0.25, 0.3) is 10.9 Å². The monoisotopic (exact) mass is 290 g/mol. The van der Waals surface area contributed by atoms with E-state index in [1.165, 1.54) is 6.07 Å². The van der Waals surface area contributed by atoms with Gasteiger partial charge in [0.05, 0.1) is 22.6 Å². The number of nitrogens with zero attached hydrogens (tertiary/aromatic N) is 2. The third kappa shape index (κ3) is 3.87. The normalized spacial score (nSPS) is 10.7. The Morgan fingerprint density at radius 1 is 1.29 bits per heavy atom. The molecule has 112 valence electrons. The summed E-state index contributed by atoms with van der Waals surface area (Å²) in [5, 5.41) is 18.0. The number of anilines is 1. The number of nitro benzene ring substituents is 1. The number of methoxy groups -OCH3 is 1. The van der Waals surface area contributed by atoms with Gasteiger partial charge in [0.2, 0.25) is 0 Å². The lowest BCUT2D eigenvalue weighted by Crippen LogP contribution is -2.25. The van der Waals surface area contributed by atoms with E-state index in [-0.39, 0.29) is 10.6 Å². The van der Waals surface area contributed by atoms with Crippen LogP contribution in [0.4, 0.5) is 11.4 Å². The fourth-order valence-corrected chi connectivity index (χ4v) is 2.04. The van der Waals surface area contributed by atoms with Crippen molar-refractivity contribution in [2.24, 2.45) is 0 Å². The van der Waals surface area contributed by atoms with E-state index in [2.05, 4.69) is 15.6 Å². The predicted octanol–water partition coefficient (Wildman–Crippen LogP) is 1.79. The molecule has 7 heteroatoms. The summed E-state index contributed by atoms with van der Waals surface area (Å²) in [6, 6.07) is 6.61. The fourth-order valence-electron chi connectivity index (χ4n) is 2.04. The molecule has 0 bridgehead atoms. The zero-order valence-corrected chi connectivity index (χ0v) is 11.8. The largest absolute Gasteiger partial charge is 0.383 e. The molecule has 1 heterocycles. The number of fused-ring (bicyclic) bond motifs is 1. The number of aromatic nitrogens is 1. The second-order valence-corrected chi connectivity index (χ2v) is 4.46. The van der Waals surface area contributed by atoms with Gasteiger partial charge in [-0.25, -0.2) is 0 Å². The Labute approximate surface area is 122 Å². The highest BCUT2D eigenvalue weighted by atomic mass is 16.6. The first-order valence-corrected chi connectivity index (χ1v) is 6.69. The van der Waals surface area contributed by atoms with Gasteiger partial charge in [-0.15, -0.1) is 0 Å². The number of pyridine rings is 1. The van der Waals surface area contributed by atoms with Gasteiger partial charge in [-0.2, -0.15) is 0 Å². The van der Waals surface area contributed by atoms with Gasteiger partial charge in [0.15, 0.2) is 0 Å². The molecule has 0 unspecified atom stereocenters. The molecule has 2 N–H and O–H groups in total. The van der Waals surface area contributed by atoms with E-state index in [4.69, 9.17) is 4.74 Å². The molecule has 7 nitrogen and oxygen atoms in total. The van der Waals surface area contributed by atoms with Gasteiger partial charge in [0.25, 0.3) is 5.69 Å². The Morgan fingerprint density at radius 3 is 2.90 bits per heavy atom. The van der Waals surface area contributed by atoms with Crippen molar-refractivity contribution >= 4 is 22.3 Å². The number of benzene rings is 1. The predicted molar refractivity (Wildman–Crippen MR) is 81.6 cm³/mol. The van der Waals surface area contributed by atoms with E-state index in [9.17, 15) is 10.1 Å². The lowest BCUT2D eigenvalue weighted by Gasteiger charge is -2.10. The average Bonchev–Trinajstić information content (AvgIpc) is 2.50. The first kappa shape index (κ1) is 15.1. The summed E-state index contributed by atoms with van der Waals surface area (Å²) < 4.78 is 4.94. The third-order valence-electron chi connectivity index (χ3n) is 3.04. The maximum Gasteiger partial charge on any atom is 0.278 e. The Balaban J connectivity index is 2.07. The lowest BCUT2D eigenvalue weighted by molar-refractivity contribution is -0.383. The van der Waals surface area contributed by atoms with Crippen molar-refractivity contribution < 1.29 is 9.66 Å². The van der Waals surface area contributed by atoms with Crippen molar-refractivity contribution in [2.45, 2.75) is 0 Å². The third-order valence-corrected chi connectivity index (χ3v) is 3.04. The zero-order chi connectivity index (χ0) is 15.1. The van der Waals surface area contributed by atoms with Crippen molar-refractivity contribution in [1.82, 2.24) is 10.3 Å². The van der Waals surface area contributed by atoms with Crippen molar-refractivity contribution in [2.75, 3.05) is 38.7 Å². The highest BCUT2D eigenvalue weighted by Gasteiger charge is 2.14. The first-order chi connectivity index (χ1) is 10.2. The van der Waals surface area contributed by atoms with Gasteiger partial charge < -0.3 is 15.4 Å². The molecule has 0 spiro atoms. The van der Waals surface area contributed by atoms with Crippen LogP contribution in [-0.4, -0.2) is 43.3 Å². The number of rotatable bonds is 8. The minimum Gasteiger partial charge on any atom is -0.383 e. The molecule has 2 rings (SSSR count). The van der Waals surface area contributed by atoms with Gasteiger partial charge >= 0.3 is 0 Å². The van der Waals surface area contributed by atoms with Gasteiger partial charge in [-0.3, -0.25) is 15.1 Å².